The van der Waals surface area contributed by atoms with Crippen molar-refractivity contribution in [3.63, 3.8) is 0 Å². The molecule has 0 saturated heterocycles. The highest BCUT2D eigenvalue weighted by molar-refractivity contribution is 5.78. The van der Waals surface area contributed by atoms with E-state index in [-0.39, 0.29) is 0 Å². The van der Waals surface area contributed by atoms with Crippen molar-refractivity contribution in [2.45, 2.75) is 5.92 Å². The van der Waals surface area contributed by atoms with Crippen LogP contribution in [0.5, 0.6) is 0 Å². The average Bonchev–Trinajstić information content (AvgIpc) is 2.45. The number of amides is 2. The number of carbonyl (C=O) groups excluding carboxylic acids is 1. The number of hydrogen-bond donors (Lipinski definition) is 1. The van der Waals surface area contributed by atoms with E-state index in [0.29, 0.717) is 6.20 Å². The Bertz CT molecular complexity index is 330. The Balaban J connectivity index is 2.48. The van der Waals surface area contributed by atoms with Gasteiger partial charge in [0.2, 0.25) is 0 Å². The van der Waals surface area contributed by atoms with Crippen molar-refractivity contribution in [1.82, 2.24) is 15.6 Å². The lowest BCUT2D eigenvalue weighted by Crippen LogP contribution is -2.50. The molecule has 0 aromatic rings. The van der Waals surface area contributed by atoms with Gasteiger partial charge in [-0.15, -0.1) is 5.12 Å². The van der Waals surface area contributed by atoms with E-state index in [4.69, 9.17) is 0 Å². The molecule has 5 nitrogen and oxygen atoms in total. The second kappa shape index (κ2) is 2.15. The minimum absolute atomic E-state index is 0.489. The van der Waals surface area contributed by atoms with Crippen LogP contribution >= 0.6 is 0 Å². The Morgan fingerprint density at radius 3 is 2.92 bits per heavy atom. The van der Waals surface area contributed by atoms with Crippen LogP contribution in [0, 0.1) is 0 Å². The van der Waals surface area contributed by atoms with Gasteiger partial charge in [0.05, 0.1) is 12.5 Å². The molecule has 13 heavy (non-hydrogen) atoms. The summed E-state index contributed by atoms with van der Waals surface area (Å²) < 4.78 is 38.7. The maximum Gasteiger partial charge on any atom is 0.385 e. The van der Waals surface area contributed by atoms with Gasteiger partial charge in [-0.2, -0.15) is 4.39 Å². The summed E-state index contributed by atoms with van der Waals surface area (Å²) in [5.74, 6) is -2.94. The van der Waals surface area contributed by atoms with E-state index >= 15 is 0 Å². The zero-order chi connectivity index (χ0) is 9.64. The predicted octanol–water partition coefficient (Wildman–Crippen LogP) is 0.589. The van der Waals surface area contributed by atoms with Crippen LogP contribution in [0.25, 0.3) is 0 Å². The van der Waals surface area contributed by atoms with Crippen LogP contribution < -0.4 is 5.32 Å². The SMILES string of the molecule is O=C1N(F)C=C2NC=NC2(F)N1F. The third kappa shape index (κ3) is 0.820. The van der Waals surface area contributed by atoms with Gasteiger partial charge in [0.25, 0.3) is 0 Å². The van der Waals surface area contributed by atoms with Gasteiger partial charge in [-0.1, -0.05) is 14.1 Å². The largest absolute Gasteiger partial charge is 0.385 e. The molecule has 0 saturated carbocycles. The number of fused-ring (bicyclic) bond motifs is 1. The molecule has 0 aromatic heterocycles. The number of carbonyl (C=O) groups is 1. The van der Waals surface area contributed by atoms with Gasteiger partial charge in [0.15, 0.2) is 0 Å². The van der Waals surface area contributed by atoms with Gasteiger partial charge in [-0.25, -0.2) is 9.79 Å². The fourth-order valence-corrected chi connectivity index (χ4v) is 1.00. The summed E-state index contributed by atoms with van der Waals surface area (Å²) >= 11 is 0. The van der Waals surface area contributed by atoms with Crippen LogP contribution in [0.1, 0.15) is 0 Å². The molecule has 8 heteroatoms. The van der Waals surface area contributed by atoms with Crippen molar-refractivity contribution in [1.29, 1.82) is 0 Å². The van der Waals surface area contributed by atoms with Gasteiger partial charge in [0.1, 0.15) is 5.70 Å². The molecule has 0 bridgehead atoms. The number of nitrogens with zero attached hydrogens (tertiary/aromatic N) is 3. The molecule has 0 fully saturated rings. The molecule has 0 aromatic carbocycles. The molecule has 1 unspecified atom stereocenters. The first-order valence-corrected chi connectivity index (χ1v) is 3.22. The molecule has 70 valence electrons. The maximum atomic E-state index is 13.4. The quantitative estimate of drug-likeness (QED) is 0.451. The van der Waals surface area contributed by atoms with E-state index in [1.54, 1.807) is 0 Å². The molecule has 2 aliphatic heterocycles. The highest BCUT2D eigenvalue weighted by atomic mass is 19.2. The minimum Gasteiger partial charge on any atom is -0.343 e. The number of aliphatic imine (C=N–C) groups is 1. The summed E-state index contributed by atoms with van der Waals surface area (Å²) in [6.45, 7) is 0. The fraction of sp³-hybridized carbons (Fsp3) is 0.200. The van der Waals surface area contributed by atoms with Crippen LogP contribution in [0.4, 0.5) is 18.1 Å². The highest BCUT2D eigenvalue weighted by Gasteiger charge is 2.52. The lowest BCUT2D eigenvalue weighted by Gasteiger charge is -2.29. The molecular formula is C5H3F3N4O. The normalized spacial score (nSPS) is 31.6. The first-order valence-electron chi connectivity index (χ1n) is 3.22. The zero-order valence-corrected chi connectivity index (χ0v) is 6.04. The predicted molar refractivity (Wildman–Crippen MR) is 34.8 cm³/mol. The second-order valence-electron chi connectivity index (χ2n) is 2.41. The highest BCUT2D eigenvalue weighted by Crippen LogP contribution is 2.34. The Kier molecular flexibility index (Phi) is 1.30. The van der Waals surface area contributed by atoms with E-state index in [1.165, 1.54) is 0 Å². The molecule has 1 N–H and O–H groups in total. The summed E-state index contributed by atoms with van der Waals surface area (Å²) in [4.78, 5) is 13.6. The second-order valence-corrected chi connectivity index (χ2v) is 2.41. The number of hydrogen-bond acceptors (Lipinski definition) is 3. The van der Waals surface area contributed by atoms with Crippen LogP contribution in [-0.2, 0) is 0 Å². The number of rotatable bonds is 0. The summed E-state index contributed by atoms with van der Waals surface area (Å²) in [6, 6.07) is -1.76. The van der Waals surface area contributed by atoms with E-state index in [0.717, 1.165) is 6.34 Å². The number of nitrogens with one attached hydrogen (secondary N) is 1. The van der Waals surface area contributed by atoms with Gasteiger partial charge < -0.3 is 5.32 Å². The molecule has 0 radical (unpaired) electrons. The van der Waals surface area contributed by atoms with Gasteiger partial charge >= 0.3 is 11.9 Å². The molecular weight excluding hydrogens is 189 g/mol. The first-order chi connectivity index (χ1) is 6.05. The van der Waals surface area contributed by atoms with E-state index < -0.39 is 27.9 Å². The van der Waals surface area contributed by atoms with Crippen molar-refractivity contribution in [2.24, 2.45) is 4.99 Å². The number of halogens is 3. The molecule has 0 aliphatic carbocycles. The Morgan fingerprint density at radius 1 is 1.54 bits per heavy atom. The topological polar surface area (TPSA) is 47.9 Å². The lowest BCUT2D eigenvalue weighted by molar-refractivity contribution is -0.117. The lowest BCUT2D eigenvalue weighted by atomic mass is 10.3. The van der Waals surface area contributed by atoms with Crippen molar-refractivity contribution in [2.75, 3.05) is 0 Å². The van der Waals surface area contributed by atoms with E-state index in [9.17, 15) is 18.1 Å². The fourth-order valence-electron chi connectivity index (χ4n) is 1.00. The molecule has 2 rings (SSSR count). The number of alkyl halides is 1. The van der Waals surface area contributed by atoms with Gasteiger partial charge in [-0.05, 0) is 0 Å². The Morgan fingerprint density at radius 2 is 2.23 bits per heavy atom. The first kappa shape index (κ1) is 7.90. The zero-order valence-electron chi connectivity index (χ0n) is 6.04. The monoisotopic (exact) mass is 192 g/mol. The minimum atomic E-state index is -2.94. The summed E-state index contributed by atoms with van der Waals surface area (Å²) in [7, 11) is 0. The molecule has 2 heterocycles. The number of urea groups is 1. The van der Waals surface area contributed by atoms with E-state index in [2.05, 4.69) is 10.3 Å². The van der Waals surface area contributed by atoms with E-state index in [1.807, 2.05) is 0 Å². The van der Waals surface area contributed by atoms with Gasteiger partial charge in [-0.3, -0.25) is 0 Å². The molecule has 1 atom stereocenters. The molecule has 0 spiro atoms. The van der Waals surface area contributed by atoms with Crippen LogP contribution in [-0.4, -0.2) is 28.5 Å². The van der Waals surface area contributed by atoms with Gasteiger partial charge in [0, 0.05) is 0 Å². The molecule has 2 amide bonds. The van der Waals surface area contributed by atoms with Crippen molar-refractivity contribution >= 4 is 12.4 Å². The summed E-state index contributed by atoms with van der Waals surface area (Å²) in [5, 5.41) is 0.653. The van der Waals surface area contributed by atoms with Crippen molar-refractivity contribution in [3.05, 3.63) is 11.9 Å². The van der Waals surface area contributed by atoms with Crippen molar-refractivity contribution in [3.8, 4) is 0 Å². The third-order valence-electron chi connectivity index (χ3n) is 1.65. The summed E-state index contributed by atoms with van der Waals surface area (Å²) in [6.07, 6.45) is 1.33. The average molecular weight is 192 g/mol. The van der Waals surface area contributed by atoms with Crippen LogP contribution in [0.2, 0.25) is 0 Å². The molecule has 2 aliphatic rings. The van der Waals surface area contributed by atoms with Crippen molar-refractivity contribution < 1.29 is 18.1 Å². The smallest absolute Gasteiger partial charge is 0.343 e. The Hall–Kier alpha value is -1.73. The third-order valence-corrected chi connectivity index (χ3v) is 1.65. The summed E-state index contributed by atoms with van der Waals surface area (Å²) in [5.41, 5.74) is -0.489. The van der Waals surface area contributed by atoms with Crippen LogP contribution in [0.3, 0.4) is 0 Å². The standard InChI is InChI=1S/C5H3F3N4O/c6-5-3(9-2-10-5)1-11(7)4(13)12(5)8/h1-2H,(H,9,10). The maximum absolute atomic E-state index is 13.4. The van der Waals surface area contributed by atoms with Crippen LogP contribution in [0.15, 0.2) is 16.9 Å². The Labute approximate surface area is 70.0 Å².